The average Bonchev–Trinajstić information content (AvgIpc) is 2.68. The predicted octanol–water partition coefficient (Wildman–Crippen LogP) is 1.36. The van der Waals surface area contributed by atoms with Gasteiger partial charge in [-0.15, -0.1) is 0 Å². The fraction of sp³-hybridized carbons (Fsp3) is 0.769. The van der Waals surface area contributed by atoms with E-state index in [0.717, 1.165) is 44.5 Å². The zero-order chi connectivity index (χ0) is 12.5. The molecule has 0 aromatic rings. The minimum absolute atomic E-state index is 0.0579. The molecule has 0 aromatic heterocycles. The summed E-state index contributed by atoms with van der Waals surface area (Å²) in [7, 11) is 3.55. The third-order valence-electron chi connectivity index (χ3n) is 3.88. The fourth-order valence-corrected chi connectivity index (χ4v) is 2.84. The van der Waals surface area contributed by atoms with Gasteiger partial charge in [-0.05, 0) is 33.2 Å². The van der Waals surface area contributed by atoms with Gasteiger partial charge in [0.2, 0.25) is 0 Å². The lowest BCUT2D eigenvalue weighted by Crippen LogP contribution is -2.40. The van der Waals surface area contributed by atoms with E-state index in [1.807, 2.05) is 6.92 Å². The van der Waals surface area contributed by atoms with Crippen molar-refractivity contribution in [2.24, 2.45) is 0 Å². The van der Waals surface area contributed by atoms with Crippen molar-refractivity contribution in [2.45, 2.75) is 31.8 Å². The highest BCUT2D eigenvalue weighted by Crippen LogP contribution is 2.37. The first kappa shape index (κ1) is 12.6. The number of likely N-dealkylation sites (N-methyl/N-ethyl adjacent to an activating group) is 1. The predicted molar refractivity (Wildman–Crippen MR) is 64.7 cm³/mol. The lowest BCUT2D eigenvalue weighted by molar-refractivity contribution is -0.136. The van der Waals surface area contributed by atoms with Gasteiger partial charge in [-0.3, -0.25) is 0 Å². The Morgan fingerprint density at radius 1 is 1.53 bits per heavy atom. The molecule has 0 saturated carbocycles. The number of carbonyl (C=O) groups is 1. The van der Waals surface area contributed by atoms with Crippen LogP contribution in [-0.4, -0.2) is 50.3 Å². The molecule has 0 N–H and O–H groups in total. The third kappa shape index (κ3) is 2.53. The Hall–Kier alpha value is -0.870. The highest BCUT2D eigenvalue weighted by molar-refractivity contribution is 5.88. The van der Waals surface area contributed by atoms with E-state index in [4.69, 9.17) is 9.47 Å². The van der Waals surface area contributed by atoms with Crippen LogP contribution < -0.4 is 0 Å². The van der Waals surface area contributed by atoms with Crippen LogP contribution in [0, 0.1) is 0 Å². The van der Waals surface area contributed by atoms with Crippen LogP contribution in [0.4, 0.5) is 0 Å². The summed E-state index contributed by atoms with van der Waals surface area (Å²) < 4.78 is 10.8. The van der Waals surface area contributed by atoms with Crippen molar-refractivity contribution < 1.29 is 14.3 Å². The van der Waals surface area contributed by atoms with Crippen LogP contribution >= 0.6 is 0 Å². The topological polar surface area (TPSA) is 38.8 Å². The molecule has 0 radical (unpaired) electrons. The molecule has 2 saturated heterocycles. The standard InChI is InChI=1S/C13H21NO3/c1-10(12(15)16-3)11-4-7-17-13(8-11)5-6-14(2)9-13/h4-9H2,1-3H3/b11-10-. The molecule has 1 atom stereocenters. The summed E-state index contributed by atoms with van der Waals surface area (Å²) in [6, 6.07) is 0. The van der Waals surface area contributed by atoms with Crippen molar-refractivity contribution >= 4 is 5.97 Å². The molecule has 0 bridgehead atoms. The number of ether oxygens (including phenoxy) is 2. The Morgan fingerprint density at radius 2 is 2.29 bits per heavy atom. The molecule has 0 amide bonds. The van der Waals surface area contributed by atoms with E-state index < -0.39 is 0 Å². The van der Waals surface area contributed by atoms with Gasteiger partial charge in [-0.2, -0.15) is 0 Å². The highest BCUT2D eigenvalue weighted by atomic mass is 16.5. The molecular formula is C13H21NO3. The molecular weight excluding hydrogens is 218 g/mol. The quantitative estimate of drug-likeness (QED) is 0.511. The van der Waals surface area contributed by atoms with Crippen molar-refractivity contribution in [3.05, 3.63) is 11.1 Å². The van der Waals surface area contributed by atoms with E-state index in [9.17, 15) is 4.79 Å². The Morgan fingerprint density at radius 3 is 2.88 bits per heavy atom. The minimum atomic E-state index is -0.205. The number of nitrogens with zero attached hydrogens (tertiary/aromatic N) is 1. The fourth-order valence-electron chi connectivity index (χ4n) is 2.84. The third-order valence-corrected chi connectivity index (χ3v) is 3.88. The van der Waals surface area contributed by atoms with Crippen LogP contribution in [0.5, 0.6) is 0 Å². The molecule has 4 nitrogen and oxygen atoms in total. The number of hydrogen-bond donors (Lipinski definition) is 0. The summed E-state index contributed by atoms with van der Waals surface area (Å²) in [4.78, 5) is 13.8. The van der Waals surface area contributed by atoms with E-state index in [-0.39, 0.29) is 11.6 Å². The monoisotopic (exact) mass is 239 g/mol. The number of rotatable bonds is 1. The number of esters is 1. The lowest BCUT2D eigenvalue weighted by atomic mass is 9.87. The molecule has 2 rings (SSSR count). The Balaban J connectivity index is 2.15. The van der Waals surface area contributed by atoms with Crippen LogP contribution in [0.15, 0.2) is 11.1 Å². The second kappa shape index (κ2) is 4.78. The van der Waals surface area contributed by atoms with Gasteiger partial charge < -0.3 is 14.4 Å². The Labute approximate surface area is 103 Å². The first-order valence-electron chi connectivity index (χ1n) is 6.16. The van der Waals surface area contributed by atoms with Crippen LogP contribution in [0.3, 0.4) is 0 Å². The summed E-state index contributed by atoms with van der Waals surface area (Å²) in [5, 5.41) is 0. The van der Waals surface area contributed by atoms with Gasteiger partial charge in [0.05, 0.1) is 19.3 Å². The summed E-state index contributed by atoms with van der Waals surface area (Å²) >= 11 is 0. The Kier molecular flexibility index (Phi) is 3.54. The molecule has 4 heteroatoms. The summed E-state index contributed by atoms with van der Waals surface area (Å²) in [5.74, 6) is -0.205. The van der Waals surface area contributed by atoms with Gasteiger partial charge in [-0.25, -0.2) is 4.79 Å². The van der Waals surface area contributed by atoms with Crippen LogP contribution in [0.25, 0.3) is 0 Å². The van der Waals surface area contributed by atoms with Gasteiger partial charge in [0.15, 0.2) is 0 Å². The van der Waals surface area contributed by atoms with Crippen LogP contribution in [0.1, 0.15) is 26.2 Å². The molecule has 2 aliphatic heterocycles. The number of carbonyl (C=O) groups excluding carboxylic acids is 1. The summed E-state index contributed by atoms with van der Waals surface area (Å²) in [5.41, 5.74) is 1.92. The van der Waals surface area contributed by atoms with E-state index >= 15 is 0 Å². The van der Waals surface area contributed by atoms with Gasteiger partial charge >= 0.3 is 5.97 Å². The lowest BCUT2D eigenvalue weighted by Gasteiger charge is -2.35. The first-order chi connectivity index (χ1) is 8.06. The van der Waals surface area contributed by atoms with Crippen molar-refractivity contribution in [1.82, 2.24) is 4.90 Å². The summed E-state index contributed by atoms with van der Waals surface area (Å²) in [6.07, 6.45) is 2.78. The molecule has 0 aromatic carbocycles. The maximum absolute atomic E-state index is 11.5. The minimum Gasteiger partial charge on any atom is -0.466 e. The van der Waals surface area contributed by atoms with Crippen molar-refractivity contribution in [3.8, 4) is 0 Å². The number of hydrogen-bond acceptors (Lipinski definition) is 4. The number of likely N-dealkylation sites (tertiary alicyclic amines) is 1. The Bertz CT molecular complexity index is 347. The van der Waals surface area contributed by atoms with E-state index in [1.54, 1.807) is 0 Å². The zero-order valence-electron chi connectivity index (χ0n) is 10.9. The molecule has 1 spiro atoms. The molecule has 0 aliphatic carbocycles. The van der Waals surface area contributed by atoms with Crippen molar-refractivity contribution in [1.29, 1.82) is 0 Å². The second-order valence-corrected chi connectivity index (χ2v) is 5.17. The van der Waals surface area contributed by atoms with Crippen molar-refractivity contribution in [2.75, 3.05) is 33.9 Å². The molecule has 2 heterocycles. The second-order valence-electron chi connectivity index (χ2n) is 5.17. The normalized spacial score (nSPS) is 32.9. The van der Waals surface area contributed by atoms with Crippen molar-refractivity contribution in [3.63, 3.8) is 0 Å². The number of methoxy groups -OCH3 is 1. The maximum atomic E-state index is 11.5. The maximum Gasteiger partial charge on any atom is 0.333 e. The van der Waals surface area contributed by atoms with E-state index in [1.165, 1.54) is 12.7 Å². The smallest absolute Gasteiger partial charge is 0.333 e. The van der Waals surface area contributed by atoms with E-state index in [0.29, 0.717) is 0 Å². The first-order valence-corrected chi connectivity index (χ1v) is 6.16. The van der Waals surface area contributed by atoms with Gasteiger partial charge in [0.1, 0.15) is 0 Å². The molecule has 2 aliphatic rings. The zero-order valence-corrected chi connectivity index (χ0v) is 10.9. The molecule has 17 heavy (non-hydrogen) atoms. The summed E-state index contributed by atoms with van der Waals surface area (Å²) in [6.45, 7) is 4.62. The van der Waals surface area contributed by atoms with E-state index in [2.05, 4.69) is 11.9 Å². The van der Waals surface area contributed by atoms with Gasteiger partial charge in [-0.1, -0.05) is 5.57 Å². The van der Waals surface area contributed by atoms with Gasteiger partial charge in [0, 0.05) is 18.7 Å². The average molecular weight is 239 g/mol. The molecule has 2 fully saturated rings. The molecule has 1 unspecified atom stereocenters. The van der Waals surface area contributed by atoms with Crippen LogP contribution in [0.2, 0.25) is 0 Å². The van der Waals surface area contributed by atoms with Gasteiger partial charge in [0.25, 0.3) is 0 Å². The molecule has 96 valence electrons. The van der Waals surface area contributed by atoms with Crippen LogP contribution in [-0.2, 0) is 14.3 Å². The SMILES string of the molecule is COC(=O)/C(C)=C1/CCOC2(CCN(C)C2)C1. The largest absolute Gasteiger partial charge is 0.466 e. The highest BCUT2D eigenvalue weighted by Gasteiger charge is 2.41.